The number of carbonyl (C=O) groups excluding carboxylic acids is 1. The van der Waals surface area contributed by atoms with Gasteiger partial charge in [-0.15, -0.1) is 0 Å². The maximum absolute atomic E-state index is 13.3. The van der Waals surface area contributed by atoms with E-state index in [0.29, 0.717) is 24.1 Å². The summed E-state index contributed by atoms with van der Waals surface area (Å²) in [6.07, 6.45) is 2.00. The molecule has 166 valence electrons. The van der Waals surface area contributed by atoms with Crippen LogP contribution in [0.15, 0.2) is 48.5 Å². The van der Waals surface area contributed by atoms with Crippen LogP contribution in [0.25, 0.3) is 0 Å². The lowest BCUT2D eigenvalue weighted by atomic mass is 10.1. The van der Waals surface area contributed by atoms with E-state index in [1.807, 2.05) is 43.0 Å². The van der Waals surface area contributed by atoms with Crippen molar-refractivity contribution in [2.45, 2.75) is 39.2 Å². The van der Waals surface area contributed by atoms with Crippen molar-refractivity contribution in [3.05, 3.63) is 71.4 Å². The number of hydrogen-bond acceptors (Lipinski definition) is 6. The minimum absolute atomic E-state index is 0.00158. The molecule has 2 aromatic heterocycles. The van der Waals surface area contributed by atoms with Gasteiger partial charge >= 0.3 is 0 Å². The summed E-state index contributed by atoms with van der Waals surface area (Å²) in [5.41, 5.74) is 2.59. The van der Waals surface area contributed by atoms with Crippen LogP contribution in [-0.2, 0) is 4.79 Å². The van der Waals surface area contributed by atoms with E-state index in [2.05, 4.69) is 15.3 Å². The molecule has 1 unspecified atom stereocenters. The molecule has 0 aliphatic carbocycles. The molecule has 0 bridgehead atoms. The van der Waals surface area contributed by atoms with Gasteiger partial charge in [0.1, 0.15) is 17.4 Å². The molecule has 32 heavy (non-hydrogen) atoms. The van der Waals surface area contributed by atoms with Gasteiger partial charge < -0.3 is 15.0 Å². The van der Waals surface area contributed by atoms with Crippen LogP contribution in [0, 0.1) is 19.7 Å². The van der Waals surface area contributed by atoms with Crippen molar-refractivity contribution >= 4 is 17.7 Å². The van der Waals surface area contributed by atoms with Gasteiger partial charge in [0.15, 0.2) is 0 Å². The molecule has 3 heterocycles. The number of carbonyl (C=O) groups is 1. The highest BCUT2D eigenvalue weighted by atomic mass is 19.1. The number of rotatable bonds is 7. The molecule has 1 aliphatic rings. The minimum Gasteiger partial charge on any atom is -0.493 e. The fourth-order valence-electron chi connectivity index (χ4n) is 3.93. The number of likely N-dealkylation sites (tertiary alicyclic amines) is 1. The summed E-state index contributed by atoms with van der Waals surface area (Å²) in [6, 6.07) is 13.5. The molecule has 1 fully saturated rings. The third-order valence-electron chi connectivity index (χ3n) is 5.29. The maximum atomic E-state index is 13.3. The molecule has 1 atom stereocenters. The molecule has 0 radical (unpaired) electrons. The fraction of sp³-hybridized carbons (Fsp3) is 0.333. The van der Waals surface area contributed by atoms with Crippen LogP contribution in [0.1, 0.15) is 42.4 Å². The molecule has 1 amide bonds. The third kappa shape index (κ3) is 5.38. The number of benzene rings is 1. The van der Waals surface area contributed by atoms with Crippen molar-refractivity contribution in [3.8, 4) is 5.75 Å². The predicted octanol–water partition coefficient (Wildman–Crippen LogP) is 4.50. The van der Waals surface area contributed by atoms with E-state index in [9.17, 15) is 9.18 Å². The van der Waals surface area contributed by atoms with Crippen LogP contribution in [0.5, 0.6) is 5.75 Å². The zero-order chi connectivity index (χ0) is 22.5. The van der Waals surface area contributed by atoms with Crippen molar-refractivity contribution in [1.29, 1.82) is 0 Å². The summed E-state index contributed by atoms with van der Waals surface area (Å²) >= 11 is 0. The Balaban J connectivity index is 1.40. The van der Waals surface area contributed by atoms with E-state index < -0.39 is 0 Å². The third-order valence-corrected chi connectivity index (χ3v) is 5.29. The van der Waals surface area contributed by atoms with E-state index in [1.54, 1.807) is 12.1 Å². The topological polar surface area (TPSA) is 80.2 Å². The quantitative estimate of drug-likeness (QED) is 0.588. The first-order chi connectivity index (χ1) is 15.5. The van der Waals surface area contributed by atoms with Gasteiger partial charge in [0.05, 0.1) is 24.8 Å². The first-order valence-corrected chi connectivity index (χ1v) is 10.7. The Hall–Kier alpha value is -3.55. The van der Waals surface area contributed by atoms with Gasteiger partial charge in [-0.3, -0.25) is 4.79 Å². The van der Waals surface area contributed by atoms with Gasteiger partial charge in [0, 0.05) is 24.0 Å². The van der Waals surface area contributed by atoms with E-state index in [-0.39, 0.29) is 30.8 Å². The average molecular weight is 436 g/mol. The number of aryl methyl sites for hydroxylation is 2. The molecule has 0 saturated carbocycles. The van der Waals surface area contributed by atoms with Gasteiger partial charge in [-0.1, -0.05) is 12.1 Å². The lowest BCUT2D eigenvalue weighted by molar-refractivity contribution is -0.132. The number of nitrogens with one attached hydrogen (secondary N) is 1. The SMILES string of the molecule is Cc1cc(C)nc(Nc2cccc(C3CCCN3C(=O)CCOc3cccc(F)c3)n2)n1. The Morgan fingerprint density at radius 1 is 1.12 bits per heavy atom. The van der Waals surface area contributed by atoms with Crippen LogP contribution in [0.4, 0.5) is 16.2 Å². The van der Waals surface area contributed by atoms with Crippen LogP contribution in [0.2, 0.25) is 0 Å². The highest BCUT2D eigenvalue weighted by Gasteiger charge is 2.30. The standard InChI is InChI=1S/C24H26FN5O2/c1-16-14-17(2)27-24(26-16)29-22-10-4-8-20(28-22)21-9-5-12-30(21)23(31)11-13-32-19-7-3-6-18(25)15-19/h3-4,6-8,10,14-15,21H,5,9,11-13H2,1-2H3,(H,26,27,28,29). The lowest BCUT2D eigenvalue weighted by Crippen LogP contribution is -2.32. The predicted molar refractivity (Wildman–Crippen MR) is 119 cm³/mol. The highest BCUT2D eigenvalue weighted by molar-refractivity contribution is 5.77. The Morgan fingerprint density at radius 2 is 1.91 bits per heavy atom. The van der Waals surface area contributed by atoms with Gasteiger partial charge in [-0.25, -0.2) is 19.3 Å². The molecule has 8 heteroatoms. The largest absolute Gasteiger partial charge is 0.493 e. The number of ether oxygens (including phenoxy) is 1. The van der Waals surface area contributed by atoms with E-state index in [0.717, 1.165) is 29.9 Å². The number of anilines is 2. The molecule has 0 spiro atoms. The van der Waals surface area contributed by atoms with Crippen molar-refractivity contribution in [2.24, 2.45) is 0 Å². The Bertz CT molecular complexity index is 1090. The number of hydrogen-bond donors (Lipinski definition) is 1. The van der Waals surface area contributed by atoms with Gasteiger partial charge in [0.2, 0.25) is 11.9 Å². The molecule has 3 aromatic rings. The monoisotopic (exact) mass is 435 g/mol. The molecule has 1 saturated heterocycles. The molecule has 7 nitrogen and oxygen atoms in total. The summed E-state index contributed by atoms with van der Waals surface area (Å²) in [7, 11) is 0. The van der Waals surface area contributed by atoms with Crippen LogP contribution < -0.4 is 10.1 Å². The first kappa shape index (κ1) is 21.7. The van der Waals surface area contributed by atoms with Gasteiger partial charge in [-0.05, 0) is 57.0 Å². The zero-order valence-electron chi connectivity index (χ0n) is 18.2. The summed E-state index contributed by atoms with van der Waals surface area (Å²) in [5, 5.41) is 3.16. The smallest absolute Gasteiger partial charge is 0.228 e. The molecule has 1 aliphatic heterocycles. The Morgan fingerprint density at radius 3 is 2.69 bits per heavy atom. The van der Waals surface area contributed by atoms with E-state index in [4.69, 9.17) is 9.72 Å². The molecule has 1 aromatic carbocycles. The minimum atomic E-state index is -0.362. The molecular weight excluding hydrogens is 409 g/mol. The fourth-order valence-corrected chi connectivity index (χ4v) is 3.93. The Labute approximate surface area is 186 Å². The van der Waals surface area contributed by atoms with E-state index >= 15 is 0 Å². The average Bonchev–Trinajstić information content (AvgIpc) is 3.23. The normalized spacial score (nSPS) is 15.6. The van der Waals surface area contributed by atoms with Crippen molar-refractivity contribution in [1.82, 2.24) is 19.9 Å². The van der Waals surface area contributed by atoms with Crippen molar-refractivity contribution < 1.29 is 13.9 Å². The summed E-state index contributed by atoms with van der Waals surface area (Å²) in [6.45, 7) is 4.72. The van der Waals surface area contributed by atoms with Crippen molar-refractivity contribution in [2.75, 3.05) is 18.5 Å². The first-order valence-electron chi connectivity index (χ1n) is 10.7. The Kier molecular flexibility index (Phi) is 6.58. The highest BCUT2D eigenvalue weighted by Crippen LogP contribution is 2.32. The summed E-state index contributed by atoms with van der Waals surface area (Å²) in [5.74, 6) is 1.20. The second kappa shape index (κ2) is 9.72. The molecule has 4 rings (SSSR count). The van der Waals surface area contributed by atoms with Gasteiger partial charge in [0.25, 0.3) is 0 Å². The van der Waals surface area contributed by atoms with E-state index in [1.165, 1.54) is 12.1 Å². The van der Waals surface area contributed by atoms with Gasteiger partial charge in [-0.2, -0.15) is 0 Å². The second-order valence-electron chi connectivity index (χ2n) is 7.85. The molecular formula is C24H26FN5O2. The maximum Gasteiger partial charge on any atom is 0.228 e. The summed E-state index contributed by atoms with van der Waals surface area (Å²) < 4.78 is 18.8. The number of aromatic nitrogens is 3. The number of halogens is 1. The summed E-state index contributed by atoms with van der Waals surface area (Å²) in [4.78, 5) is 28.2. The lowest BCUT2D eigenvalue weighted by Gasteiger charge is -2.25. The molecule has 1 N–H and O–H groups in total. The zero-order valence-corrected chi connectivity index (χ0v) is 18.2. The second-order valence-corrected chi connectivity index (χ2v) is 7.85. The number of pyridine rings is 1. The van der Waals surface area contributed by atoms with Crippen LogP contribution >= 0.6 is 0 Å². The van der Waals surface area contributed by atoms with Crippen LogP contribution in [0.3, 0.4) is 0 Å². The number of nitrogens with zero attached hydrogens (tertiary/aromatic N) is 4. The number of amides is 1. The van der Waals surface area contributed by atoms with Crippen molar-refractivity contribution in [3.63, 3.8) is 0 Å². The van der Waals surface area contributed by atoms with Crippen LogP contribution in [-0.4, -0.2) is 38.9 Å².